The summed E-state index contributed by atoms with van der Waals surface area (Å²) < 4.78 is 32.5. The van der Waals surface area contributed by atoms with Crippen LogP contribution >= 0.6 is 0 Å². The van der Waals surface area contributed by atoms with Gasteiger partial charge in [0.15, 0.2) is 0 Å². The Labute approximate surface area is 141 Å². The fourth-order valence-corrected chi connectivity index (χ4v) is 3.67. The Morgan fingerprint density at radius 3 is 2.79 bits per heavy atom. The van der Waals surface area contributed by atoms with Gasteiger partial charge in [0, 0.05) is 38.7 Å². The molecule has 0 unspecified atom stereocenters. The van der Waals surface area contributed by atoms with Crippen LogP contribution in [0.2, 0.25) is 0 Å². The van der Waals surface area contributed by atoms with Gasteiger partial charge in [0.1, 0.15) is 0 Å². The Kier molecular flexibility index (Phi) is 4.88. The van der Waals surface area contributed by atoms with Crippen LogP contribution in [0.15, 0.2) is 24.3 Å². The number of alkyl halides is 2. The van der Waals surface area contributed by atoms with Gasteiger partial charge in [-0.2, -0.15) is 0 Å². The van der Waals surface area contributed by atoms with E-state index in [1.807, 2.05) is 36.1 Å². The standard InChI is InChI=1S/C18H24F2N2O2/c1-13-4-3-5-14(6-13)7-17(23)21-9-16(10-21)22-12-18(19,20)8-15(22)11-24-2/h3-6,15-16H,7-12H2,1-2H3/t15-/m0/s1. The number of hydrogen-bond donors (Lipinski definition) is 0. The first kappa shape index (κ1) is 17.3. The predicted octanol–water partition coefficient (Wildman–Crippen LogP) is 2.10. The van der Waals surface area contributed by atoms with Crippen molar-refractivity contribution >= 4 is 5.91 Å². The zero-order valence-electron chi connectivity index (χ0n) is 14.2. The molecule has 2 aliphatic rings. The molecule has 2 saturated heterocycles. The largest absolute Gasteiger partial charge is 0.383 e. The zero-order valence-corrected chi connectivity index (χ0v) is 14.2. The molecule has 0 spiro atoms. The van der Waals surface area contributed by atoms with E-state index in [4.69, 9.17) is 4.74 Å². The minimum absolute atomic E-state index is 0.0139. The van der Waals surface area contributed by atoms with Crippen molar-refractivity contribution in [2.75, 3.05) is 33.4 Å². The van der Waals surface area contributed by atoms with Crippen LogP contribution in [0.3, 0.4) is 0 Å². The van der Waals surface area contributed by atoms with Crippen LogP contribution in [-0.2, 0) is 16.0 Å². The number of amides is 1. The van der Waals surface area contributed by atoms with E-state index >= 15 is 0 Å². The maximum Gasteiger partial charge on any atom is 0.262 e. The quantitative estimate of drug-likeness (QED) is 0.824. The zero-order chi connectivity index (χ0) is 17.3. The monoisotopic (exact) mass is 338 g/mol. The van der Waals surface area contributed by atoms with Crippen molar-refractivity contribution in [3.05, 3.63) is 35.4 Å². The maximum atomic E-state index is 13.7. The van der Waals surface area contributed by atoms with E-state index in [0.717, 1.165) is 11.1 Å². The molecular weight excluding hydrogens is 314 g/mol. The Bertz CT molecular complexity index is 602. The predicted molar refractivity (Wildman–Crippen MR) is 87.2 cm³/mol. The van der Waals surface area contributed by atoms with Gasteiger partial charge in [-0.25, -0.2) is 8.78 Å². The van der Waals surface area contributed by atoms with Gasteiger partial charge in [0.25, 0.3) is 5.92 Å². The van der Waals surface area contributed by atoms with Crippen molar-refractivity contribution in [1.82, 2.24) is 9.80 Å². The molecule has 1 aromatic rings. The van der Waals surface area contributed by atoms with Gasteiger partial charge in [-0.1, -0.05) is 29.8 Å². The second-order valence-electron chi connectivity index (χ2n) is 6.96. The molecule has 0 aliphatic carbocycles. The van der Waals surface area contributed by atoms with E-state index in [-0.39, 0.29) is 31.0 Å². The number of rotatable bonds is 5. The van der Waals surface area contributed by atoms with Crippen molar-refractivity contribution < 1.29 is 18.3 Å². The van der Waals surface area contributed by atoms with Crippen LogP contribution in [0.5, 0.6) is 0 Å². The average molecular weight is 338 g/mol. The molecule has 1 aromatic carbocycles. The van der Waals surface area contributed by atoms with E-state index in [0.29, 0.717) is 26.1 Å². The lowest BCUT2D eigenvalue weighted by molar-refractivity contribution is -0.138. The normalized spacial score (nSPS) is 24.2. The van der Waals surface area contributed by atoms with Gasteiger partial charge in [0.2, 0.25) is 5.91 Å². The summed E-state index contributed by atoms with van der Waals surface area (Å²) in [6.45, 7) is 3.13. The third-order valence-corrected chi connectivity index (χ3v) is 4.90. The molecule has 24 heavy (non-hydrogen) atoms. The molecule has 1 amide bonds. The number of methoxy groups -OCH3 is 1. The van der Waals surface area contributed by atoms with Gasteiger partial charge in [-0.05, 0) is 12.5 Å². The number of aryl methyl sites for hydroxylation is 1. The fourth-order valence-electron chi connectivity index (χ4n) is 3.67. The lowest BCUT2D eigenvalue weighted by atomic mass is 10.0. The number of hydrogen-bond acceptors (Lipinski definition) is 3. The molecule has 6 heteroatoms. The summed E-state index contributed by atoms with van der Waals surface area (Å²) in [5, 5.41) is 0. The second-order valence-corrected chi connectivity index (χ2v) is 6.96. The summed E-state index contributed by atoms with van der Waals surface area (Å²) in [6.07, 6.45) is 0.209. The highest BCUT2D eigenvalue weighted by Gasteiger charge is 2.50. The molecule has 0 aromatic heterocycles. The van der Waals surface area contributed by atoms with Crippen LogP contribution in [0.4, 0.5) is 8.78 Å². The molecule has 2 heterocycles. The topological polar surface area (TPSA) is 32.8 Å². The molecule has 4 nitrogen and oxygen atoms in total. The van der Waals surface area contributed by atoms with E-state index in [2.05, 4.69) is 0 Å². The number of halogens is 2. The van der Waals surface area contributed by atoms with Crippen molar-refractivity contribution in [2.45, 2.75) is 37.8 Å². The van der Waals surface area contributed by atoms with Gasteiger partial charge < -0.3 is 9.64 Å². The van der Waals surface area contributed by atoms with Crippen LogP contribution in [0, 0.1) is 6.92 Å². The lowest BCUT2D eigenvalue weighted by Gasteiger charge is -2.45. The van der Waals surface area contributed by atoms with Gasteiger partial charge in [-0.3, -0.25) is 9.69 Å². The summed E-state index contributed by atoms with van der Waals surface area (Å²) in [7, 11) is 1.53. The second kappa shape index (κ2) is 6.76. The van der Waals surface area contributed by atoms with Crippen LogP contribution in [0.1, 0.15) is 17.5 Å². The number of likely N-dealkylation sites (tertiary alicyclic amines) is 2. The maximum absolute atomic E-state index is 13.7. The molecule has 132 valence electrons. The number of carbonyl (C=O) groups is 1. The van der Waals surface area contributed by atoms with Crippen molar-refractivity contribution in [3.8, 4) is 0 Å². The number of nitrogens with zero attached hydrogens (tertiary/aromatic N) is 2. The minimum atomic E-state index is -2.66. The first-order valence-corrected chi connectivity index (χ1v) is 8.34. The number of benzene rings is 1. The molecule has 0 saturated carbocycles. The van der Waals surface area contributed by atoms with E-state index < -0.39 is 5.92 Å². The van der Waals surface area contributed by atoms with Crippen molar-refractivity contribution in [1.29, 1.82) is 0 Å². The number of ether oxygens (including phenoxy) is 1. The van der Waals surface area contributed by atoms with Gasteiger partial charge >= 0.3 is 0 Å². The Hall–Kier alpha value is -1.53. The minimum Gasteiger partial charge on any atom is -0.383 e. The molecule has 0 radical (unpaired) electrons. The molecule has 2 fully saturated rings. The number of carbonyl (C=O) groups excluding carboxylic acids is 1. The third kappa shape index (κ3) is 3.75. The first-order chi connectivity index (χ1) is 11.4. The van der Waals surface area contributed by atoms with Crippen molar-refractivity contribution in [2.24, 2.45) is 0 Å². The molecule has 2 aliphatic heterocycles. The lowest BCUT2D eigenvalue weighted by Crippen LogP contribution is -2.62. The van der Waals surface area contributed by atoms with Crippen molar-refractivity contribution in [3.63, 3.8) is 0 Å². The highest BCUT2D eigenvalue weighted by molar-refractivity contribution is 5.79. The summed E-state index contributed by atoms with van der Waals surface area (Å²) >= 11 is 0. The van der Waals surface area contributed by atoms with E-state index in [1.54, 1.807) is 4.90 Å². The Morgan fingerprint density at radius 2 is 2.12 bits per heavy atom. The van der Waals surface area contributed by atoms with Crippen LogP contribution in [-0.4, -0.2) is 67.1 Å². The highest BCUT2D eigenvalue weighted by Crippen LogP contribution is 2.35. The van der Waals surface area contributed by atoms with Gasteiger partial charge in [0.05, 0.1) is 19.6 Å². The van der Waals surface area contributed by atoms with E-state index in [9.17, 15) is 13.6 Å². The highest BCUT2D eigenvalue weighted by atomic mass is 19.3. The molecule has 0 N–H and O–H groups in total. The van der Waals surface area contributed by atoms with Crippen LogP contribution < -0.4 is 0 Å². The molecule has 1 atom stereocenters. The Balaban J connectivity index is 1.53. The summed E-state index contributed by atoms with van der Waals surface area (Å²) in [6, 6.07) is 7.64. The summed E-state index contributed by atoms with van der Waals surface area (Å²) in [5.41, 5.74) is 2.12. The Morgan fingerprint density at radius 1 is 1.38 bits per heavy atom. The summed E-state index contributed by atoms with van der Waals surface area (Å²) in [5.74, 6) is -2.60. The third-order valence-electron chi connectivity index (χ3n) is 4.90. The summed E-state index contributed by atoms with van der Waals surface area (Å²) in [4.78, 5) is 15.9. The van der Waals surface area contributed by atoms with Gasteiger partial charge in [-0.15, -0.1) is 0 Å². The molecule has 0 bridgehead atoms. The SMILES string of the molecule is COC[C@@H]1CC(F)(F)CN1C1CN(C(=O)Cc2cccc(C)c2)C1. The molecule has 3 rings (SSSR count). The average Bonchev–Trinajstić information content (AvgIpc) is 2.72. The van der Waals surface area contributed by atoms with Crippen LogP contribution in [0.25, 0.3) is 0 Å². The fraction of sp³-hybridized carbons (Fsp3) is 0.611. The molecular formula is C18H24F2N2O2. The first-order valence-electron chi connectivity index (χ1n) is 8.34. The smallest absolute Gasteiger partial charge is 0.262 e. The van der Waals surface area contributed by atoms with E-state index in [1.165, 1.54) is 7.11 Å².